The van der Waals surface area contributed by atoms with Crippen LogP contribution in [-0.4, -0.2) is 21.3 Å². The molecule has 1 aliphatic carbocycles. The van der Waals surface area contributed by atoms with Gasteiger partial charge in [0.05, 0.1) is 14.2 Å². The molecule has 1 aromatic rings. The standard InChI is InChI=1S/C15H23NO2/c1-16-15(9-5-4-6-10-15)12-7-8-13(17-2)14(11-12)18-3/h7-8,11,16H,4-6,9-10H2,1-3H3. The fourth-order valence-electron chi connectivity index (χ4n) is 2.97. The third-order valence-corrected chi connectivity index (χ3v) is 4.12. The first-order chi connectivity index (χ1) is 8.75. The molecule has 1 fully saturated rings. The molecule has 0 amide bonds. The summed E-state index contributed by atoms with van der Waals surface area (Å²) in [5.41, 5.74) is 1.42. The van der Waals surface area contributed by atoms with E-state index in [-0.39, 0.29) is 5.54 Å². The zero-order valence-corrected chi connectivity index (χ0v) is 11.6. The molecule has 0 aromatic heterocycles. The lowest BCUT2D eigenvalue weighted by Crippen LogP contribution is -2.41. The Bertz CT molecular complexity index is 397. The van der Waals surface area contributed by atoms with Crippen LogP contribution < -0.4 is 14.8 Å². The summed E-state index contributed by atoms with van der Waals surface area (Å²) >= 11 is 0. The number of nitrogens with one attached hydrogen (secondary N) is 1. The van der Waals surface area contributed by atoms with Crippen LogP contribution in [0.4, 0.5) is 0 Å². The van der Waals surface area contributed by atoms with Crippen molar-refractivity contribution < 1.29 is 9.47 Å². The average molecular weight is 249 g/mol. The minimum absolute atomic E-state index is 0.109. The van der Waals surface area contributed by atoms with E-state index in [1.165, 1.54) is 37.7 Å². The Hall–Kier alpha value is -1.22. The first-order valence-corrected chi connectivity index (χ1v) is 6.67. The van der Waals surface area contributed by atoms with E-state index in [2.05, 4.69) is 24.5 Å². The smallest absolute Gasteiger partial charge is 0.161 e. The van der Waals surface area contributed by atoms with Gasteiger partial charge in [-0.15, -0.1) is 0 Å². The van der Waals surface area contributed by atoms with Crippen LogP contribution in [0.5, 0.6) is 11.5 Å². The molecule has 0 bridgehead atoms. The first-order valence-electron chi connectivity index (χ1n) is 6.67. The Morgan fingerprint density at radius 2 is 1.67 bits per heavy atom. The average Bonchev–Trinajstić information content (AvgIpc) is 2.47. The van der Waals surface area contributed by atoms with Gasteiger partial charge in [-0.25, -0.2) is 0 Å². The van der Waals surface area contributed by atoms with Crippen LogP contribution in [0.2, 0.25) is 0 Å². The second-order valence-corrected chi connectivity index (χ2v) is 4.96. The lowest BCUT2D eigenvalue weighted by atomic mass is 9.76. The molecule has 1 aliphatic rings. The Kier molecular flexibility index (Phi) is 4.12. The third kappa shape index (κ3) is 2.32. The van der Waals surface area contributed by atoms with Crippen LogP contribution in [0.25, 0.3) is 0 Å². The summed E-state index contributed by atoms with van der Waals surface area (Å²) in [4.78, 5) is 0. The molecule has 100 valence electrons. The molecule has 0 aliphatic heterocycles. The fraction of sp³-hybridized carbons (Fsp3) is 0.600. The second kappa shape index (κ2) is 5.61. The number of ether oxygens (including phenoxy) is 2. The molecule has 0 radical (unpaired) electrons. The Morgan fingerprint density at radius 1 is 1.00 bits per heavy atom. The number of rotatable bonds is 4. The molecule has 3 heteroatoms. The number of methoxy groups -OCH3 is 2. The van der Waals surface area contributed by atoms with Crippen molar-refractivity contribution in [2.24, 2.45) is 0 Å². The molecule has 2 rings (SSSR count). The molecule has 0 heterocycles. The first kappa shape index (κ1) is 13.2. The Morgan fingerprint density at radius 3 is 2.22 bits per heavy atom. The number of benzene rings is 1. The summed E-state index contributed by atoms with van der Waals surface area (Å²) in [6.45, 7) is 0. The lowest BCUT2D eigenvalue weighted by molar-refractivity contribution is 0.249. The van der Waals surface area contributed by atoms with Crippen molar-refractivity contribution >= 4 is 0 Å². The summed E-state index contributed by atoms with van der Waals surface area (Å²) < 4.78 is 10.7. The van der Waals surface area contributed by atoms with E-state index in [4.69, 9.17) is 9.47 Å². The highest BCUT2D eigenvalue weighted by molar-refractivity contribution is 5.45. The fourth-order valence-corrected chi connectivity index (χ4v) is 2.97. The minimum atomic E-state index is 0.109. The normalized spacial score (nSPS) is 18.4. The lowest BCUT2D eigenvalue weighted by Gasteiger charge is -2.38. The number of hydrogen-bond acceptors (Lipinski definition) is 3. The van der Waals surface area contributed by atoms with Crippen molar-refractivity contribution in [1.82, 2.24) is 5.32 Å². The van der Waals surface area contributed by atoms with Crippen LogP contribution in [0.3, 0.4) is 0 Å². The molecule has 0 saturated heterocycles. The SMILES string of the molecule is CNC1(c2ccc(OC)c(OC)c2)CCCCC1. The van der Waals surface area contributed by atoms with Gasteiger partial charge in [0.15, 0.2) is 11.5 Å². The van der Waals surface area contributed by atoms with Crippen molar-refractivity contribution in [1.29, 1.82) is 0 Å². The molecule has 1 saturated carbocycles. The largest absolute Gasteiger partial charge is 0.493 e. The summed E-state index contributed by atoms with van der Waals surface area (Å²) in [7, 11) is 5.42. The topological polar surface area (TPSA) is 30.5 Å². The molecule has 1 aromatic carbocycles. The van der Waals surface area contributed by atoms with E-state index in [0.29, 0.717) is 0 Å². The maximum atomic E-state index is 5.40. The van der Waals surface area contributed by atoms with Gasteiger partial charge in [-0.2, -0.15) is 0 Å². The molecule has 0 spiro atoms. The molecule has 3 nitrogen and oxygen atoms in total. The van der Waals surface area contributed by atoms with Crippen molar-refractivity contribution in [2.75, 3.05) is 21.3 Å². The van der Waals surface area contributed by atoms with Gasteiger partial charge in [0.25, 0.3) is 0 Å². The summed E-state index contributed by atoms with van der Waals surface area (Å²) in [6.07, 6.45) is 6.30. The van der Waals surface area contributed by atoms with E-state index in [1.54, 1.807) is 14.2 Å². The quantitative estimate of drug-likeness (QED) is 0.889. The monoisotopic (exact) mass is 249 g/mol. The van der Waals surface area contributed by atoms with Crippen LogP contribution in [0.15, 0.2) is 18.2 Å². The van der Waals surface area contributed by atoms with Crippen molar-refractivity contribution in [2.45, 2.75) is 37.6 Å². The van der Waals surface area contributed by atoms with Crippen molar-refractivity contribution in [3.8, 4) is 11.5 Å². The van der Waals surface area contributed by atoms with E-state index in [9.17, 15) is 0 Å². The molecule has 18 heavy (non-hydrogen) atoms. The van der Waals surface area contributed by atoms with Crippen LogP contribution in [0, 0.1) is 0 Å². The van der Waals surface area contributed by atoms with Gasteiger partial charge in [-0.05, 0) is 37.6 Å². The maximum absolute atomic E-state index is 5.40. The summed E-state index contributed by atoms with van der Waals surface area (Å²) in [5, 5.41) is 3.53. The van der Waals surface area contributed by atoms with Crippen LogP contribution >= 0.6 is 0 Å². The Balaban J connectivity index is 2.36. The van der Waals surface area contributed by atoms with Gasteiger partial charge in [0.1, 0.15) is 0 Å². The molecule has 0 atom stereocenters. The zero-order chi connectivity index (χ0) is 13.0. The van der Waals surface area contributed by atoms with Gasteiger partial charge in [0.2, 0.25) is 0 Å². The predicted octanol–water partition coefficient (Wildman–Crippen LogP) is 3.08. The second-order valence-electron chi connectivity index (χ2n) is 4.96. The van der Waals surface area contributed by atoms with Crippen molar-refractivity contribution in [3.63, 3.8) is 0 Å². The van der Waals surface area contributed by atoms with Gasteiger partial charge in [0, 0.05) is 5.54 Å². The van der Waals surface area contributed by atoms with Gasteiger partial charge in [-0.3, -0.25) is 0 Å². The minimum Gasteiger partial charge on any atom is -0.493 e. The van der Waals surface area contributed by atoms with E-state index >= 15 is 0 Å². The van der Waals surface area contributed by atoms with Gasteiger partial charge < -0.3 is 14.8 Å². The molecule has 1 N–H and O–H groups in total. The zero-order valence-electron chi connectivity index (χ0n) is 11.6. The predicted molar refractivity (Wildman–Crippen MR) is 73.4 cm³/mol. The third-order valence-electron chi connectivity index (χ3n) is 4.12. The van der Waals surface area contributed by atoms with Crippen LogP contribution in [-0.2, 0) is 5.54 Å². The molecular weight excluding hydrogens is 226 g/mol. The van der Waals surface area contributed by atoms with E-state index in [0.717, 1.165) is 11.5 Å². The molecule has 0 unspecified atom stereocenters. The highest BCUT2D eigenvalue weighted by Gasteiger charge is 2.32. The van der Waals surface area contributed by atoms with Gasteiger partial charge in [-0.1, -0.05) is 25.3 Å². The summed E-state index contributed by atoms with van der Waals surface area (Å²) in [5.74, 6) is 1.61. The van der Waals surface area contributed by atoms with Crippen molar-refractivity contribution in [3.05, 3.63) is 23.8 Å². The van der Waals surface area contributed by atoms with E-state index in [1.807, 2.05) is 6.07 Å². The maximum Gasteiger partial charge on any atom is 0.161 e. The van der Waals surface area contributed by atoms with Gasteiger partial charge >= 0.3 is 0 Å². The molecular formula is C15H23NO2. The Labute approximate surface area is 109 Å². The van der Waals surface area contributed by atoms with E-state index < -0.39 is 0 Å². The highest BCUT2D eigenvalue weighted by atomic mass is 16.5. The summed E-state index contributed by atoms with van der Waals surface area (Å²) in [6, 6.07) is 6.27. The van der Waals surface area contributed by atoms with Crippen LogP contribution in [0.1, 0.15) is 37.7 Å². The number of hydrogen-bond donors (Lipinski definition) is 1. The highest BCUT2D eigenvalue weighted by Crippen LogP contribution is 2.40.